The molecule has 162 valence electrons. The van der Waals surface area contributed by atoms with Gasteiger partial charge in [0.2, 0.25) is 5.91 Å². The Morgan fingerprint density at radius 1 is 0.935 bits per heavy atom. The maximum atomic E-state index is 12.2. The van der Waals surface area contributed by atoms with Gasteiger partial charge in [-0.15, -0.1) is 0 Å². The molecule has 3 aromatic rings. The number of amides is 1. The fraction of sp³-hybridized carbons (Fsp3) is 0.280. The van der Waals surface area contributed by atoms with Gasteiger partial charge in [0.1, 0.15) is 12.4 Å². The molecule has 1 heterocycles. The van der Waals surface area contributed by atoms with E-state index in [9.17, 15) is 4.79 Å². The van der Waals surface area contributed by atoms with Gasteiger partial charge >= 0.3 is 0 Å². The van der Waals surface area contributed by atoms with Crippen molar-refractivity contribution in [2.75, 3.05) is 13.7 Å². The highest BCUT2D eigenvalue weighted by molar-refractivity contribution is 5.76. The van der Waals surface area contributed by atoms with Crippen molar-refractivity contribution in [1.82, 2.24) is 10.3 Å². The maximum Gasteiger partial charge on any atom is 0.223 e. The van der Waals surface area contributed by atoms with Crippen LogP contribution in [-0.4, -0.2) is 24.6 Å². The number of aromatic nitrogens is 1. The largest absolute Gasteiger partial charge is 0.493 e. The lowest BCUT2D eigenvalue weighted by Gasteiger charge is -2.13. The molecule has 0 fully saturated rings. The number of nitrogens with zero attached hydrogens (tertiary/aromatic N) is 1. The number of nitrogens with one attached hydrogen (secondary N) is 1. The van der Waals surface area contributed by atoms with Crippen LogP contribution in [0.15, 0.2) is 60.9 Å². The third-order valence-electron chi connectivity index (χ3n) is 5.00. The Morgan fingerprint density at radius 2 is 1.74 bits per heavy atom. The standard InChI is InChI=1S/C25H28N2O4/c1-18-5-4-6-22(19(18)2)30-14-11-25(28)27-16-21-7-8-23(24(15-21)29-3)31-17-20-9-12-26-13-10-20/h4-10,12-13,15H,11,14,16-17H2,1-3H3,(H,27,28). The normalized spacial score (nSPS) is 10.4. The smallest absolute Gasteiger partial charge is 0.223 e. The van der Waals surface area contributed by atoms with Crippen LogP contribution in [0, 0.1) is 13.8 Å². The fourth-order valence-electron chi connectivity index (χ4n) is 3.00. The molecule has 6 nitrogen and oxygen atoms in total. The van der Waals surface area contributed by atoms with Gasteiger partial charge in [-0.3, -0.25) is 9.78 Å². The van der Waals surface area contributed by atoms with Gasteiger partial charge in [-0.1, -0.05) is 18.2 Å². The summed E-state index contributed by atoms with van der Waals surface area (Å²) in [4.78, 5) is 16.2. The van der Waals surface area contributed by atoms with E-state index in [1.165, 1.54) is 5.56 Å². The van der Waals surface area contributed by atoms with Crippen molar-refractivity contribution in [2.45, 2.75) is 33.4 Å². The Bertz CT molecular complexity index is 1010. The third kappa shape index (κ3) is 6.47. The lowest BCUT2D eigenvalue weighted by molar-refractivity contribution is -0.121. The van der Waals surface area contributed by atoms with Crippen molar-refractivity contribution in [2.24, 2.45) is 0 Å². The van der Waals surface area contributed by atoms with E-state index in [0.29, 0.717) is 31.3 Å². The van der Waals surface area contributed by atoms with Crippen molar-refractivity contribution in [1.29, 1.82) is 0 Å². The van der Waals surface area contributed by atoms with Gasteiger partial charge in [0, 0.05) is 18.9 Å². The summed E-state index contributed by atoms with van der Waals surface area (Å²) in [5, 5.41) is 2.92. The van der Waals surface area contributed by atoms with E-state index in [-0.39, 0.29) is 12.3 Å². The zero-order valence-corrected chi connectivity index (χ0v) is 18.2. The van der Waals surface area contributed by atoms with E-state index >= 15 is 0 Å². The summed E-state index contributed by atoms with van der Waals surface area (Å²) in [7, 11) is 1.60. The fourth-order valence-corrected chi connectivity index (χ4v) is 3.00. The Hall–Kier alpha value is -3.54. The molecule has 0 saturated heterocycles. The minimum Gasteiger partial charge on any atom is -0.493 e. The number of aryl methyl sites for hydroxylation is 1. The molecule has 0 radical (unpaired) electrons. The summed E-state index contributed by atoms with van der Waals surface area (Å²) in [6, 6.07) is 15.4. The van der Waals surface area contributed by atoms with E-state index in [1.807, 2.05) is 62.4 Å². The summed E-state index contributed by atoms with van der Waals surface area (Å²) in [6.45, 7) is 5.22. The topological polar surface area (TPSA) is 69.7 Å². The molecule has 0 aliphatic heterocycles. The molecule has 0 unspecified atom stereocenters. The second-order valence-corrected chi connectivity index (χ2v) is 7.20. The highest BCUT2D eigenvalue weighted by Gasteiger charge is 2.09. The van der Waals surface area contributed by atoms with Crippen molar-refractivity contribution >= 4 is 5.91 Å². The molecule has 2 aromatic carbocycles. The van der Waals surface area contributed by atoms with Crippen LogP contribution in [0.3, 0.4) is 0 Å². The van der Waals surface area contributed by atoms with Crippen LogP contribution in [0.2, 0.25) is 0 Å². The zero-order valence-electron chi connectivity index (χ0n) is 18.2. The predicted molar refractivity (Wildman–Crippen MR) is 119 cm³/mol. The van der Waals surface area contributed by atoms with Gasteiger partial charge in [0.25, 0.3) is 0 Å². The van der Waals surface area contributed by atoms with Crippen LogP contribution in [0.4, 0.5) is 0 Å². The summed E-state index contributed by atoms with van der Waals surface area (Å²) in [6.07, 6.45) is 3.75. The highest BCUT2D eigenvalue weighted by atomic mass is 16.5. The molecule has 1 amide bonds. The number of ether oxygens (including phenoxy) is 3. The molecular weight excluding hydrogens is 392 g/mol. The van der Waals surface area contributed by atoms with Crippen LogP contribution in [-0.2, 0) is 17.9 Å². The first kappa shape index (κ1) is 22.2. The summed E-state index contributed by atoms with van der Waals surface area (Å²) < 4.78 is 17.1. The lowest BCUT2D eigenvalue weighted by Crippen LogP contribution is -2.24. The number of carbonyl (C=O) groups is 1. The van der Waals surface area contributed by atoms with Crippen molar-refractivity contribution in [3.05, 3.63) is 83.2 Å². The van der Waals surface area contributed by atoms with Crippen LogP contribution in [0.5, 0.6) is 17.2 Å². The third-order valence-corrected chi connectivity index (χ3v) is 5.00. The SMILES string of the molecule is COc1cc(CNC(=O)CCOc2cccc(C)c2C)ccc1OCc1ccncc1. The Balaban J connectivity index is 1.47. The number of benzene rings is 2. The lowest BCUT2D eigenvalue weighted by atomic mass is 10.1. The number of hydrogen-bond acceptors (Lipinski definition) is 5. The molecule has 3 rings (SSSR count). The molecule has 0 atom stereocenters. The van der Waals surface area contributed by atoms with E-state index in [0.717, 1.165) is 22.4 Å². The van der Waals surface area contributed by atoms with E-state index in [4.69, 9.17) is 14.2 Å². The average molecular weight is 421 g/mol. The number of rotatable bonds is 10. The van der Waals surface area contributed by atoms with Crippen molar-refractivity contribution < 1.29 is 19.0 Å². The van der Waals surface area contributed by atoms with Gasteiger partial charge in [0.05, 0.1) is 20.1 Å². The van der Waals surface area contributed by atoms with Crippen LogP contribution >= 0.6 is 0 Å². The molecule has 0 saturated carbocycles. The average Bonchev–Trinajstić information content (AvgIpc) is 2.80. The van der Waals surface area contributed by atoms with Gasteiger partial charge in [-0.25, -0.2) is 0 Å². The first-order chi connectivity index (χ1) is 15.1. The number of carbonyl (C=O) groups excluding carboxylic acids is 1. The number of pyridine rings is 1. The van der Waals surface area contributed by atoms with Crippen molar-refractivity contribution in [3.8, 4) is 17.2 Å². The van der Waals surface area contributed by atoms with E-state index in [1.54, 1.807) is 19.5 Å². The Labute approximate surface area is 183 Å². The summed E-state index contributed by atoms with van der Waals surface area (Å²) >= 11 is 0. The Kier molecular flexibility index (Phi) is 7.87. The second-order valence-electron chi connectivity index (χ2n) is 7.20. The summed E-state index contributed by atoms with van der Waals surface area (Å²) in [5.74, 6) is 2.03. The van der Waals surface area contributed by atoms with Crippen LogP contribution in [0.1, 0.15) is 28.7 Å². The molecule has 1 aromatic heterocycles. The maximum absolute atomic E-state index is 12.2. The minimum atomic E-state index is -0.0673. The predicted octanol–water partition coefficient (Wildman–Crippen LogP) is 4.37. The second kappa shape index (κ2) is 11.0. The highest BCUT2D eigenvalue weighted by Crippen LogP contribution is 2.29. The van der Waals surface area contributed by atoms with Crippen LogP contribution in [0.25, 0.3) is 0 Å². The molecule has 31 heavy (non-hydrogen) atoms. The van der Waals surface area contributed by atoms with Gasteiger partial charge in [0.15, 0.2) is 11.5 Å². The van der Waals surface area contributed by atoms with Gasteiger partial charge < -0.3 is 19.5 Å². The van der Waals surface area contributed by atoms with E-state index in [2.05, 4.69) is 10.3 Å². The first-order valence-electron chi connectivity index (χ1n) is 10.2. The first-order valence-corrected chi connectivity index (χ1v) is 10.2. The quantitative estimate of drug-likeness (QED) is 0.527. The minimum absolute atomic E-state index is 0.0673. The molecule has 1 N–H and O–H groups in total. The number of hydrogen-bond donors (Lipinski definition) is 1. The number of methoxy groups -OCH3 is 1. The molecule has 0 aliphatic carbocycles. The van der Waals surface area contributed by atoms with E-state index < -0.39 is 0 Å². The van der Waals surface area contributed by atoms with Gasteiger partial charge in [-0.2, -0.15) is 0 Å². The molecule has 0 spiro atoms. The molecule has 0 bridgehead atoms. The summed E-state index contributed by atoms with van der Waals surface area (Å²) in [5.41, 5.74) is 4.22. The Morgan fingerprint density at radius 3 is 2.52 bits per heavy atom. The van der Waals surface area contributed by atoms with Crippen LogP contribution < -0.4 is 19.5 Å². The monoisotopic (exact) mass is 420 g/mol. The van der Waals surface area contributed by atoms with Gasteiger partial charge in [-0.05, 0) is 66.4 Å². The zero-order chi connectivity index (χ0) is 22.1. The molecule has 0 aliphatic rings. The molecular formula is C25H28N2O4. The molecule has 6 heteroatoms. The van der Waals surface area contributed by atoms with Crippen molar-refractivity contribution in [3.63, 3.8) is 0 Å².